The number of amides is 3. The topological polar surface area (TPSA) is 169 Å². The van der Waals surface area contributed by atoms with Gasteiger partial charge in [-0.05, 0) is 91.3 Å². The summed E-state index contributed by atoms with van der Waals surface area (Å²) in [5.74, 6) is -5.02. The van der Waals surface area contributed by atoms with Crippen LogP contribution in [0.5, 0.6) is 11.6 Å². The van der Waals surface area contributed by atoms with E-state index >= 15 is 8.78 Å². The van der Waals surface area contributed by atoms with Gasteiger partial charge in [-0.15, -0.1) is 11.3 Å². The number of benzene rings is 2. The summed E-state index contributed by atoms with van der Waals surface area (Å²) >= 11 is 1.43. The van der Waals surface area contributed by atoms with E-state index in [4.69, 9.17) is 19.4 Å². The Hall–Kier alpha value is -4.97. The van der Waals surface area contributed by atoms with Gasteiger partial charge >= 0.3 is 0 Å². The number of rotatable bonds is 14. The van der Waals surface area contributed by atoms with E-state index in [2.05, 4.69) is 15.4 Å². The SMILES string of the molecule is COc1ccc2c(O[C@@H]3C[C@@H](C(=O)N[C@]4(C(=O)NS(=O)(=O)C5CC5)C[C@H]4C4CC4)N(C(=O)[C@@H](Nc4c(F)cc(F)cc4F)C(C)(C)C)C3)nc(-c3nc(C(C)C)cs3)cc2c1C. The molecule has 0 unspecified atom stereocenters. The van der Waals surface area contributed by atoms with E-state index in [1.54, 1.807) is 33.9 Å². The molecule has 332 valence electrons. The van der Waals surface area contributed by atoms with E-state index in [0.717, 1.165) is 29.5 Å². The maximum absolute atomic E-state index is 15.1. The Morgan fingerprint density at radius 1 is 1.00 bits per heavy atom. The number of halogens is 3. The summed E-state index contributed by atoms with van der Waals surface area (Å²) in [5, 5.41) is 8.93. The van der Waals surface area contributed by atoms with E-state index in [1.165, 1.54) is 16.2 Å². The van der Waals surface area contributed by atoms with Crippen LogP contribution in [0.2, 0.25) is 0 Å². The molecule has 62 heavy (non-hydrogen) atoms. The molecule has 3 saturated carbocycles. The smallest absolute Gasteiger partial charge is 0.259 e. The molecule has 0 bridgehead atoms. The van der Waals surface area contributed by atoms with Crippen LogP contribution in [0.3, 0.4) is 0 Å². The van der Waals surface area contributed by atoms with Crippen molar-refractivity contribution in [2.24, 2.45) is 17.3 Å². The third-order valence-electron chi connectivity index (χ3n) is 12.4. The number of nitrogens with one attached hydrogen (secondary N) is 3. The van der Waals surface area contributed by atoms with E-state index in [9.17, 15) is 27.2 Å². The molecule has 18 heteroatoms. The molecule has 8 rings (SSSR count). The number of hydrogen-bond acceptors (Lipinski definition) is 11. The maximum atomic E-state index is 15.1. The van der Waals surface area contributed by atoms with Crippen molar-refractivity contribution in [1.82, 2.24) is 24.9 Å². The zero-order chi connectivity index (χ0) is 44.6. The third kappa shape index (κ3) is 8.43. The van der Waals surface area contributed by atoms with Crippen molar-refractivity contribution in [3.63, 3.8) is 0 Å². The number of carbonyl (C=O) groups excluding carboxylic acids is 3. The van der Waals surface area contributed by atoms with E-state index in [0.29, 0.717) is 46.8 Å². The fourth-order valence-electron chi connectivity index (χ4n) is 8.48. The highest BCUT2D eigenvalue weighted by Crippen LogP contribution is 2.57. The van der Waals surface area contributed by atoms with Gasteiger partial charge in [0.15, 0.2) is 11.6 Å². The number of aromatic nitrogens is 2. The monoisotopic (exact) mass is 896 g/mol. The largest absolute Gasteiger partial charge is 0.496 e. The first-order chi connectivity index (χ1) is 29.2. The van der Waals surface area contributed by atoms with Gasteiger partial charge in [0.1, 0.15) is 51.7 Å². The van der Waals surface area contributed by atoms with Crippen LogP contribution in [0.4, 0.5) is 18.9 Å². The Morgan fingerprint density at radius 2 is 1.69 bits per heavy atom. The molecular weight excluding hydrogens is 846 g/mol. The van der Waals surface area contributed by atoms with Crippen molar-refractivity contribution in [2.45, 2.75) is 115 Å². The van der Waals surface area contributed by atoms with Crippen LogP contribution in [-0.2, 0) is 24.4 Å². The number of sulfonamides is 1. The number of thiazole rings is 1. The number of ether oxygens (including phenoxy) is 2. The van der Waals surface area contributed by atoms with Gasteiger partial charge in [0.2, 0.25) is 27.7 Å². The Balaban J connectivity index is 1.16. The van der Waals surface area contributed by atoms with Gasteiger partial charge in [0.05, 0.1) is 24.6 Å². The highest BCUT2D eigenvalue weighted by Gasteiger charge is 2.67. The first-order valence-corrected chi connectivity index (χ1v) is 23.3. The lowest BCUT2D eigenvalue weighted by Crippen LogP contribution is -2.58. The number of fused-ring (bicyclic) bond motifs is 1. The Labute approximate surface area is 362 Å². The molecule has 5 atom stereocenters. The molecule has 3 aliphatic carbocycles. The van der Waals surface area contributed by atoms with Gasteiger partial charge in [-0.3, -0.25) is 19.1 Å². The molecule has 2 aromatic heterocycles. The quantitative estimate of drug-likeness (QED) is 0.120. The predicted molar refractivity (Wildman–Crippen MR) is 228 cm³/mol. The first kappa shape index (κ1) is 43.7. The molecule has 2 aromatic carbocycles. The predicted octanol–water partition coefficient (Wildman–Crippen LogP) is 6.98. The Morgan fingerprint density at radius 3 is 2.29 bits per heavy atom. The summed E-state index contributed by atoms with van der Waals surface area (Å²) in [6, 6.07) is 3.88. The van der Waals surface area contributed by atoms with Crippen LogP contribution < -0.4 is 24.8 Å². The summed E-state index contributed by atoms with van der Waals surface area (Å²) in [5.41, 5.74) is -1.00. The number of hydrogen-bond donors (Lipinski definition) is 3. The van der Waals surface area contributed by atoms with Crippen LogP contribution in [0.15, 0.2) is 35.7 Å². The lowest BCUT2D eigenvalue weighted by Gasteiger charge is -2.36. The molecular formula is C44H51F3N6O7S2. The van der Waals surface area contributed by atoms with Gasteiger partial charge in [-0.1, -0.05) is 34.6 Å². The summed E-state index contributed by atoms with van der Waals surface area (Å²) in [7, 11) is -2.37. The Kier molecular flexibility index (Phi) is 11.3. The van der Waals surface area contributed by atoms with Gasteiger partial charge in [0.25, 0.3) is 5.91 Å². The number of anilines is 1. The van der Waals surface area contributed by atoms with Crippen LogP contribution in [-0.4, -0.2) is 83.6 Å². The average Bonchev–Trinajstić information content (AvgIpc) is 4.14. The van der Waals surface area contributed by atoms with Crippen LogP contribution in [0.1, 0.15) is 90.3 Å². The third-order valence-corrected chi connectivity index (χ3v) is 15.1. The van der Waals surface area contributed by atoms with E-state index < -0.39 is 85.3 Å². The normalized spacial score (nSPS) is 23.0. The van der Waals surface area contributed by atoms with Gasteiger partial charge in [0, 0.05) is 29.3 Å². The molecule has 13 nitrogen and oxygen atoms in total. The van der Waals surface area contributed by atoms with Crippen molar-refractivity contribution in [3.8, 4) is 22.3 Å². The molecule has 0 radical (unpaired) electrons. The zero-order valence-corrected chi connectivity index (χ0v) is 37.2. The number of likely N-dealkylation sites (tertiary alicyclic amines) is 1. The molecule has 1 saturated heterocycles. The minimum Gasteiger partial charge on any atom is -0.496 e. The lowest BCUT2D eigenvalue weighted by atomic mass is 9.85. The van der Waals surface area contributed by atoms with Crippen molar-refractivity contribution in [3.05, 3.63) is 64.4 Å². The maximum Gasteiger partial charge on any atom is 0.259 e. The minimum absolute atomic E-state index is 0.0861. The van der Waals surface area contributed by atoms with E-state index in [1.807, 2.05) is 38.3 Å². The van der Waals surface area contributed by atoms with Crippen molar-refractivity contribution < 1.29 is 45.4 Å². The van der Waals surface area contributed by atoms with Crippen molar-refractivity contribution in [1.29, 1.82) is 0 Å². The van der Waals surface area contributed by atoms with Crippen molar-refractivity contribution >= 4 is 55.5 Å². The second-order valence-corrected chi connectivity index (χ2v) is 21.3. The molecule has 0 spiro atoms. The lowest BCUT2D eigenvalue weighted by molar-refractivity contribution is -0.141. The van der Waals surface area contributed by atoms with Crippen LogP contribution >= 0.6 is 11.3 Å². The first-order valence-electron chi connectivity index (χ1n) is 20.9. The van der Waals surface area contributed by atoms with Gasteiger partial charge < -0.3 is 25.0 Å². The van der Waals surface area contributed by atoms with Crippen LogP contribution in [0.25, 0.3) is 21.5 Å². The standard InChI is InChI=1S/C44H51F3N6O7S2/c1-21(2)33-20-61-40(49-33)32-17-28-22(3)35(59-7)13-12-27(28)39(48-32)60-25-16-34(38(54)51-44(18-29(44)23-8-9-23)42(56)52-62(57,58)26-10-11-26)53(19-25)41(55)37(43(4,5)6)50-36-30(46)14-24(45)15-31(36)47/h12-15,17,20-21,23,25-26,29,34,37,50H,8-11,16,18-19H2,1-7H3,(H,51,54)(H,52,56)/t25-,29+,34+,37-,44-/m1/s1. The number of pyridine rings is 1. The highest BCUT2D eigenvalue weighted by molar-refractivity contribution is 7.91. The summed E-state index contributed by atoms with van der Waals surface area (Å²) < 4.78 is 84.6. The number of aryl methyl sites for hydroxylation is 1. The van der Waals surface area contributed by atoms with Gasteiger partial charge in [-0.25, -0.2) is 31.6 Å². The zero-order valence-electron chi connectivity index (χ0n) is 35.6. The second-order valence-electron chi connectivity index (χ2n) is 18.5. The fraction of sp³-hybridized carbons (Fsp3) is 0.523. The molecule has 1 aliphatic heterocycles. The number of carbonyl (C=O) groups is 3. The fourth-order valence-corrected chi connectivity index (χ4v) is 10.8. The van der Waals surface area contributed by atoms with Crippen LogP contribution in [0, 0.1) is 41.6 Å². The number of nitrogens with zero attached hydrogens (tertiary/aromatic N) is 3. The molecule has 3 amide bonds. The highest BCUT2D eigenvalue weighted by atomic mass is 32.2. The average molecular weight is 897 g/mol. The molecule has 3 heterocycles. The summed E-state index contributed by atoms with van der Waals surface area (Å²) in [4.78, 5) is 54.5. The second kappa shape index (κ2) is 16.0. The molecule has 4 fully saturated rings. The molecule has 4 aliphatic rings. The number of methoxy groups -OCH3 is 1. The molecule has 4 aromatic rings. The van der Waals surface area contributed by atoms with E-state index in [-0.39, 0.29) is 43.0 Å². The van der Waals surface area contributed by atoms with Crippen molar-refractivity contribution in [2.75, 3.05) is 19.0 Å². The summed E-state index contributed by atoms with van der Waals surface area (Å²) in [6.45, 7) is 10.8. The molecule has 3 N–H and O–H groups in total. The minimum atomic E-state index is -3.95. The Bertz CT molecular complexity index is 2550. The van der Waals surface area contributed by atoms with Gasteiger partial charge in [-0.2, -0.15) is 0 Å². The summed E-state index contributed by atoms with van der Waals surface area (Å²) in [6.07, 6.45) is 1.80.